The molecule has 6 nitrogen and oxygen atoms in total. The molecular weight excluding hydrogens is 388 g/mol. The topological polar surface area (TPSA) is 84.5 Å². The highest BCUT2D eigenvalue weighted by Crippen LogP contribution is 2.38. The van der Waals surface area contributed by atoms with E-state index in [1.165, 1.54) is 11.8 Å². The zero-order valence-electron chi connectivity index (χ0n) is 18.1. The number of benzene rings is 1. The van der Waals surface area contributed by atoms with Gasteiger partial charge in [0.2, 0.25) is 15.9 Å². The van der Waals surface area contributed by atoms with Gasteiger partial charge in [0.05, 0.1) is 13.4 Å². The van der Waals surface area contributed by atoms with E-state index in [0.29, 0.717) is 31.3 Å². The van der Waals surface area contributed by atoms with E-state index in [-0.39, 0.29) is 17.7 Å². The summed E-state index contributed by atoms with van der Waals surface area (Å²) in [6, 6.07) is 7.65. The Kier molecular flexibility index (Phi) is 8.28. The van der Waals surface area contributed by atoms with Crippen molar-refractivity contribution in [3.8, 4) is 5.75 Å². The van der Waals surface area contributed by atoms with Crippen molar-refractivity contribution in [2.24, 2.45) is 23.7 Å². The second-order valence-electron chi connectivity index (χ2n) is 8.36. The van der Waals surface area contributed by atoms with Gasteiger partial charge in [-0.3, -0.25) is 4.79 Å². The zero-order valence-corrected chi connectivity index (χ0v) is 18.9. The molecule has 0 aliphatic heterocycles. The van der Waals surface area contributed by atoms with Crippen molar-refractivity contribution in [1.29, 1.82) is 0 Å². The highest BCUT2D eigenvalue weighted by molar-refractivity contribution is 7.88. The highest BCUT2D eigenvalue weighted by Gasteiger charge is 2.32. The number of nitrogens with one attached hydrogen (secondary N) is 2. The number of sulfonamides is 1. The summed E-state index contributed by atoms with van der Waals surface area (Å²) in [6.45, 7) is 7.27. The fraction of sp³-hybridized carbons (Fsp3) is 0.591. The van der Waals surface area contributed by atoms with E-state index in [2.05, 4.69) is 30.0 Å². The molecule has 0 radical (unpaired) electrons. The number of carbonyl (C=O) groups is 1. The molecule has 1 amide bonds. The zero-order chi connectivity index (χ0) is 21.6. The van der Waals surface area contributed by atoms with Crippen LogP contribution in [-0.2, 0) is 21.4 Å². The molecule has 0 spiro atoms. The van der Waals surface area contributed by atoms with Gasteiger partial charge in [-0.15, -0.1) is 0 Å². The summed E-state index contributed by atoms with van der Waals surface area (Å²) in [5.41, 5.74) is 2.20. The molecule has 29 heavy (non-hydrogen) atoms. The minimum absolute atomic E-state index is 0.0359. The normalized spacial score (nSPS) is 22.3. The average Bonchev–Trinajstić information content (AvgIpc) is 2.66. The molecule has 162 valence electrons. The Balaban J connectivity index is 1.95. The van der Waals surface area contributed by atoms with Gasteiger partial charge in [0, 0.05) is 19.5 Å². The van der Waals surface area contributed by atoms with Crippen LogP contribution >= 0.6 is 0 Å². The first-order valence-electron chi connectivity index (χ1n) is 10.1. The Labute approximate surface area is 175 Å². The van der Waals surface area contributed by atoms with Gasteiger partial charge in [-0.25, -0.2) is 13.1 Å². The molecule has 1 aliphatic carbocycles. The minimum Gasteiger partial charge on any atom is -0.497 e. The average molecular weight is 423 g/mol. The Morgan fingerprint density at radius 2 is 1.90 bits per heavy atom. The predicted molar refractivity (Wildman–Crippen MR) is 116 cm³/mol. The van der Waals surface area contributed by atoms with Crippen LogP contribution in [-0.4, -0.2) is 34.2 Å². The lowest BCUT2D eigenvalue weighted by molar-refractivity contribution is -0.122. The standard InChI is InChI=1S/C22H34N2O4S/c1-15(2)21-11-18(16(3)10-19(21)14-24-29(5,26)27)12-22(25)23-13-17-6-8-20(28-4)9-7-17/h6-10,15,18-19,21,24H,11-14H2,1-5H3,(H,23,25). The molecule has 3 unspecified atom stereocenters. The lowest BCUT2D eigenvalue weighted by Crippen LogP contribution is -2.37. The molecule has 0 aromatic heterocycles. The summed E-state index contributed by atoms with van der Waals surface area (Å²) < 4.78 is 30.7. The Morgan fingerprint density at radius 3 is 2.45 bits per heavy atom. The highest BCUT2D eigenvalue weighted by atomic mass is 32.2. The third kappa shape index (κ3) is 7.48. The maximum atomic E-state index is 12.5. The third-order valence-corrected chi connectivity index (χ3v) is 6.44. The molecule has 3 atom stereocenters. The fourth-order valence-electron chi connectivity index (χ4n) is 4.00. The van der Waals surface area contributed by atoms with Gasteiger partial charge in [-0.2, -0.15) is 0 Å². The number of carbonyl (C=O) groups excluding carboxylic acids is 1. The number of allylic oxidation sites excluding steroid dienone is 1. The van der Waals surface area contributed by atoms with E-state index in [4.69, 9.17) is 4.74 Å². The molecular formula is C22H34N2O4S. The predicted octanol–water partition coefficient (Wildman–Crippen LogP) is 3.11. The summed E-state index contributed by atoms with van der Waals surface area (Å²) in [5.74, 6) is 1.93. The molecule has 1 aromatic rings. The van der Waals surface area contributed by atoms with Crippen molar-refractivity contribution in [2.45, 2.75) is 40.2 Å². The summed E-state index contributed by atoms with van der Waals surface area (Å²) in [4.78, 5) is 12.5. The Bertz CT molecular complexity index is 816. The smallest absolute Gasteiger partial charge is 0.220 e. The van der Waals surface area contributed by atoms with Crippen LogP contribution in [0.3, 0.4) is 0 Å². The van der Waals surface area contributed by atoms with Crippen molar-refractivity contribution in [1.82, 2.24) is 10.0 Å². The molecule has 0 bridgehead atoms. The maximum absolute atomic E-state index is 12.5. The lowest BCUT2D eigenvalue weighted by Gasteiger charge is -2.37. The third-order valence-electron chi connectivity index (χ3n) is 5.75. The molecule has 0 saturated heterocycles. The number of amides is 1. The number of hydrogen-bond acceptors (Lipinski definition) is 4. The number of rotatable bonds is 9. The first-order chi connectivity index (χ1) is 13.6. The van der Waals surface area contributed by atoms with Crippen molar-refractivity contribution < 1.29 is 17.9 Å². The van der Waals surface area contributed by atoms with Gasteiger partial charge in [-0.05, 0) is 54.7 Å². The summed E-state index contributed by atoms with van der Waals surface area (Å²) in [7, 11) is -1.58. The molecule has 0 fully saturated rings. The largest absolute Gasteiger partial charge is 0.497 e. The van der Waals surface area contributed by atoms with Crippen molar-refractivity contribution in [2.75, 3.05) is 19.9 Å². The number of ether oxygens (including phenoxy) is 1. The second-order valence-corrected chi connectivity index (χ2v) is 10.2. The van der Waals surface area contributed by atoms with Gasteiger partial charge in [0.1, 0.15) is 5.75 Å². The molecule has 1 aromatic carbocycles. The molecule has 0 saturated carbocycles. The van der Waals surface area contributed by atoms with Crippen LogP contribution in [0.5, 0.6) is 5.75 Å². The SMILES string of the molecule is COc1ccc(CNC(=O)CC2CC(C(C)C)C(CNS(C)(=O)=O)C=C2C)cc1. The molecule has 1 aliphatic rings. The number of hydrogen-bond donors (Lipinski definition) is 2. The van der Waals surface area contributed by atoms with E-state index in [0.717, 1.165) is 17.7 Å². The van der Waals surface area contributed by atoms with E-state index in [9.17, 15) is 13.2 Å². The molecule has 0 heterocycles. The summed E-state index contributed by atoms with van der Waals surface area (Å²) in [6.07, 6.45) is 4.69. The quantitative estimate of drug-likeness (QED) is 0.599. The minimum atomic E-state index is -3.21. The van der Waals surface area contributed by atoms with Crippen LogP contribution in [0.1, 0.15) is 39.2 Å². The first-order valence-corrected chi connectivity index (χ1v) is 12.0. The molecule has 2 N–H and O–H groups in total. The fourth-order valence-corrected chi connectivity index (χ4v) is 4.49. The molecule has 2 rings (SSSR count). The Hall–Kier alpha value is -1.86. The van der Waals surface area contributed by atoms with Crippen LogP contribution in [0, 0.1) is 23.7 Å². The number of methoxy groups -OCH3 is 1. The molecule has 7 heteroatoms. The Morgan fingerprint density at radius 1 is 1.24 bits per heavy atom. The monoisotopic (exact) mass is 422 g/mol. The van der Waals surface area contributed by atoms with Gasteiger partial charge in [0.15, 0.2) is 0 Å². The van der Waals surface area contributed by atoms with Crippen molar-refractivity contribution >= 4 is 15.9 Å². The van der Waals surface area contributed by atoms with Gasteiger partial charge in [-0.1, -0.05) is 37.6 Å². The maximum Gasteiger partial charge on any atom is 0.220 e. The van der Waals surface area contributed by atoms with Gasteiger partial charge < -0.3 is 10.1 Å². The van der Waals surface area contributed by atoms with Gasteiger partial charge >= 0.3 is 0 Å². The first kappa shape index (κ1) is 23.4. The van der Waals surface area contributed by atoms with Crippen LogP contribution in [0.25, 0.3) is 0 Å². The summed E-state index contributed by atoms with van der Waals surface area (Å²) in [5, 5.41) is 3.01. The lowest BCUT2D eigenvalue weighted by atomic mass is 9.70. The van der Waals surface area contributed by atoms with E-state index < -0.39 is 10.0 Å². The second kappa shape index (κ2) is 10.3. The summed E-state index contributed by atoms with van der Waals surface area (Å²) >= 11 is 0. The van der Waals surface area contributed by atoms with Gasteiger partial charge in [0.25, 0.3) is 0 Å². The van der Waals surface area contributed by atoms with Crippen molar-refractivity contribution in [3.63, 3.8) is 0 Å². The van der Waals surface area contributed by atoms with E-state index in [1.807, 2.05) is 31.2 Å². The van der Waals surface area contributed by atoms with Crippen molar-refractivity contribution in [3.05, 3.63) is 41.5 Å². The van der Waals surface area contributed by atoms with Crippen LogP contribution in [0.15, 0.2) is 35.9 Å². The van der Waals surface area contributed by atoms with Crippen LogP contribution < -0.4 is 14.8 Å². The van der Waals surface area contributed by atoms with Crippen LogP contribution in [0.4, 0.5) is 0 Å². The van der Waals surface area contributed by atoms with E-state index >= 15 is 0 Å². The van der Waals surface area contributed by atoms with Crippen LogP contribution in [0.2, 0.25) is 0 Å². The van der Waals surface area contributed by atoms with E-state index in [1.54, 1.807) is 7.11 Å².